The number of benzene rings is 4. The number of hydrogen-bond acceptors (Lipinski definition) is 4. The van der Waals surface area contributed by atoms with Gasteiger partial charge in [0.1, 0.15) is 18.1 Å². The first-order chi connectivity index (χ1) is 16.5. The first-order valence-corrected chi connectivity index (χ1v) is 11.4. The first-order valence-electron chi connectivity index (χ1n) is 11.4. The molecule has 1 aliphatic carbocycles. The van der Waals surface area contributed by atoms with Crippen molar-refractivity contribution in [1.82, 2.24) is 4.90 Å². The van der Waals surface area contributed by atoms with Crippen molar-refractivity contribution < 1.29 is 18.6 Å². The van der Waals surface area contributed by atoms with Crippen molar-refractivity contribution in [3.05, 3.63) is 89.2 Å². The Morgan fingerprint density at radius 3 is 2.29 bits per heavy atom. The van der Waals surface area contributed by atoms with Crippen molar-refractivity contribution in [2.24, 2.45) is 0 Å². The molecule has 5 rings (SSSR count). The SMILES string of the molecule is COc1ccc2c3c(ccc2c1)-c1cc(OC)c(F)cc1C3c1ccc(OCCN(C)C)cc1. The minimum atomic E-state index is -0.353. The Kier molecular flexibility index (Phi) is 5.88. The predicted molar refractivity (Wildman–Crippen MR) is 134 cm³/mol. The van der Waals surface area contributed by atoms with Crippen molar-refractivity contribution >= 4 is 10.8 Å². The second-order valence-electron chi connectivity index (χ2n) is 8.84. The maximum absolute atomic E-state index is 14.9. The van der Waals surface area contributed by atoms with E-state index in [1.165, 1.54) is 12.7 Å². The summed E-state index contributed by atoms with van der Waals surface area (Å²) in [5, 5.41) is 2.22. The van der Waals surface area contributed by atoms with Crippen molar-refractivity contribution in [3.8, 4) is 28.4 Å². The van der Waals surface area contributed by atoms with Crippen LogP contribution >= 0.6 is 0 Å². The summed E-state index contributed by atoms with van der Waals surface area (Å²) in [6, 6.07) is 21.9. The average molecular weight is 458 g/mol. The molecule has 174 valence electrons. The average Bonchev–Trinajstić information content (AvgIpc) is 3.16. The number of rotatable bonds is 7. The lowest BCUT2D eigenvalue weighted by atomic mass is 9.86. The Bertz CT molecular complexity index is 1350. The molecule has 0 amide bonds. The lowest BCUT2D eigenvalue weighted by molar-refractivity contribution is 0.261. The van der Waals surface area contributed by atoms with Gasteiger partial charge < -0.3 is 19.1 Å². The van der Waals surface area contributed by atoms with E-state index in [1.807, 2.05) is 44.4 Å². The number of likely N-dealkylation sites (N-methyl/N-ethyl adjacent to an activating group) is 1. The minimum Gasteiger partial charge on any atom is -0.497 e. The van der Waals surface area contributed by atoms with Crippen LogP contribution in [0.4, 0.5) is 4.39 Å². The van der Waals surface area contributed by atoms with Gasteiger partial charge in [0.25, 0.3) is 0 Å². The molecule has 1 atom stereocenters. The van der Waals surface area contributed by atoms with Gasteiger partial charge in [-0.25, -0.2) is 4.39 Å². The van der Waals surface area contributed by atoms with Crippen LogP contribution in [0.2, 0.25) is 0 Å². The maximum Gasteiger partial charge on any atom is 0.165 e. The van der Waals surface area contributed by atoms with Gasteiger partial charge in [-0.05, 0) is 89.1 Å². The van der Waals surface area contributed by atoms with E-state index in [0.717, 1.165) is 51.1 Å². The fraction of sp³-hybridized carbons (Fsp3) is 0.241. The molecular weight excluding hydrogens is 429 g/mol. The Balaban J connectivity index is 1.64. The molecule has 0 aromatic heterocycles. The molecular formula is C29H28FNO3. The van der Waals surface area contributed by atoms with E-state index in [1.54, 1.807) is 13.2 Å². The molecule has 0 spiro atoms. The van der Waals surface area contributed by atoms with Crippen LogP contribution in [0, 0.1) is 5.82 Å². The normalized spacial score (nSPS) is 14.2. The fourth-order valence-electron chi connectivity index (χ4n) is 4.81. The third kappa shape index (κ3) is 3.86. The summed E-state index contributed by atoms with van der Waals surface area (Å²) in [4.78, 5) is 2.09. The topological polar surface area (TPSA) is 30.9 Å². The first kappa shape index (κ1) is 22.2. The van der Waals surface area contributed by atoms with Gasteiger partial charge in [0.2, 0.25) is 0 Å². The molecule has 1 unspecified atom stereocenters. The van der Waals surface area contributed by atoms with Crippen LogP contribution in [-0.4, -0.2) is 46.4 Å². The lowest BCUT2D eigenvalue weighted by Crippen LogP contribution is -2.19. The second kappa shape index (κ2) is 8.99. The highest BCUT2D eigenvalue weighted by atomic mass is 19.1. The molecule has 0 fully saturated rings. The second-order valence-corrected chi connectivity index (χ2v) is 8.84. The summed E-state index contributed by atoms with van der Waals surface area (Å²) in [6.07, 6.45) is 0. The van der Waals surface area contributed by atoms with E-state index in [0.29, 0.717) is 6.61 Å². The summed E-state index contributed by atoms with van der Waals surface area (Å²) < 4.78 is 31.5. The molecule has 0 heterocycles. The summed E-state index contributed by atoms with van der Waals surface area (Å²) in [6.45, 7) is 1.47. The maximum atomic E-state index is 14.9. The lowest BCUT2D eigenvalue weighted by Gasteiger charge is -2.18. The molecule has 4 nitrogen and oxygen atoms in total. The molecule has 5 heteroatoms. The molecule has 1 aliphatic rings. The van der Waals surface area contributed by atoms with Crippen molar-refractivity contribution in [2.75, 3.05) is 41.5 Å². The number of hydrogen-bond donors (Lipinski definition) is 0. The van der Waals surface area contributed by atoms with E-state index < -0.39 is 0 Å². The van der Waals surface area contributed by atoms with E-state index >= 15 is 0 Å². The van der Waals surface area contributed by atoms with E-state index in [4.69, 9.17) is 14.2 Å². The number of ether oxygens (including phenoxy) is 3. The zero-order chi connectivity index (χ0) is 23.8. The molecule has 0 N–H and O–H groups in total. The fourth-order valence-corrected chi connectivity index (χ4v) is 4.81. The Hall–Kier alpha value is -3.57. The van der Waals surface area contributed by atoms with Crippen LogP contribution in [0.5, 0.6) is 17.2 Å². The number of halogens is 1. The highest BCUT2D eigenvalue weighted by Crippen LogP contribution is 2.52. The molecule has 0 aliphatic heterocycles. The largest absolute Gasteiger partial charge is 0.497 e. The Morgan fingerprint density at radius 1 is 0.824 bits per heavy atom. The van der Waals surface area contributed by atoms with Crippen molar-refractivity contribution in [2.45, 2.75) is 5.92 Å². The van der Waals surface area contributed by atoms with Gasteiger partial charge in [-0.1, -0.05) is 30.3 Å². The van der Waals surface area contributed by atoms with Crippen molar-refractivity contribution in [1.29, 1.82) is 0 Å². The number of methoxy groups -OCH3 is 2. The van der Waals surface area contributed by atoms with Crippen molar-refractivity contribution in [3.63, 3.8) is 0 Å². The summed E-state index contributed by atoms with van der Waals surface area (Å²) in [5.41, 5.74) is 5.30. The molecule has 4 aromatic rings. The summed E-state index contributed by atoms with van der Waals surface area (Å²) in [5.74, 6) is 1.44. The van der Waals surface area contributed by atoms with Crippen LogP contribution in [-0.2, 0) is 0 Å². The van der Waals surface area contributed by atoms with Crippen LogP contribution < -0.4 is 14.2 Å². The minimum absolute atomic E-state index is 0.0988. The van der Waals surface area contributed by atoms with E-state index in [2.05, 4.69) is 35.2 Å². The monoisotopic (exact) mass is 457 g/mol. The molecule has 4 aromatic carbocycles. The summed E-state index contributed by atoms with van der Waals surface area (Å²) >= 11 is 0. The van der Waals surface area contributed by atoms with E-state index in [9.17, 15) is 4.39 Å². The van der Waals surface area contributed by atoms with Crippen LogP contribution in [0.15, 0.2) is 66.7 Å². The van der Waals surface area contributed by atoms with Gasteiger partial charge in [-0.2, -0.15) is 0 Å². The van der Waals surface area contributed by atoms with Gasteiger partial charge >= 0.3 is 0 Å². The molecule has 34 heavy (non-hydrogen) atoms. The standard InChI is InChI=1S/C29H28FNO3/c1-31(2)13-14-34-20-8-5-18(6-9-20)28-25-16-26(30)27(33-4)17-24(25)23-11-7-19-15-21(32-3)10-12-22(19)29(23)28/h5-12,15-17,28H,13-14H2,1-4H3. The van der Waals surface area contributed by atoms with Gasteiger partial charge in [0.15, 0.2) is 11.6 Å². The molecule has 0 saturated heterocycles. The smallest absolute Gasteiger partial charge is 0.165 e. The van der Waals surface area contributed by atoms with Crippen LogP contribution in [0.3, 0.4) is 0 Å². The van der Waals surface area contributed by atoms with Gasteiger partial charge in [-0.3, -0.25) is 0 Å². The van der Waals surface area contributed by atoms with Gasteiger partial charge in [0.05, 0.1) is 14.2 Å². The summed E-state index contributed by atoms with van der Waals surface area (Å²) in [7, 11) is 7.22. The number of fused-ring (bicyclic) bond motifs is 5. The number of nitrogens with zero attached hydrogens (tertiary/aromatic N) is 1. The van der Waals surface area contributed by atoms with Gasteiger partial charge in [-0.15, -0.1) is 0 Å². The molecule has 0 radical (unpaired) electrons. The molecule has 0 saturated carbocycles. The quantitative estimate of drug-likeness (QED) is 0.296. The van der Waals surface area contributed by atoms with Crippen LogP contribution in [0.25, 0.3) is 21.9 Å². The Labute approximate surface area is 199 Å². The zero-order valence-corrected chi connectivity index (χ0v) is 19.9. The zero-order valence-electron chi connectivity index (χ0n) is 19.9. The highest BCUT2D eigenvalue weighted by Gasteiger charge is 2.33. The van der Waals surface area contributed by atoms with Gasteiger partial charge in [0, 0.05) is 12.5 Å². The third-order valence-corrected chi connectivity index (χ3v) is 6.50. The van der Waals surface area contributed by atoms with E-state index in [-0.39, 0.29) is 17.5 Å². The highest BCUT2D eigenvalue weighted by molar-refractivity contribution is 5.98. The predicted octanol–water partition coefficient (Wildman–Crippen LogP) is 6.10. The Morgan fingerprint density at radius 2 is 1.59 bits per heavy atom. The molecule has 0 bridgehead atoms. The third-order valence-electron chi connectivity index (χ3n) is 6.50. The van der Waals surface area contributed by atoms with Crippen LogP contribution in [0.1, 0.15) is 22.6 Å².